The van der Waals surface area contributed by atoms with Crippen molar-refractivity contribution in [2.24, 2.45) is 11.8 Å². The second kappa shape index (κ2) is 6.89. The van der Waals surface area contributed by atoms with Crippen molar-refractivity contribution in [3.8, 4) is 6.07 Å². The summed E-state index contributed by atoms with van der Waals surface area (Å²) in [6, 6.07) is 11.5. The lowest BCUT2D eigenvalue weighted by Gasteiger charge is -2.37. The molecule has 1 aliphatic rings. The van der Waals surface area contributed by atoms with Gasteiger partial charge in [-0.3, -0.25) is 4.79 Å². The van der Waals surface area contributed by atoms with Crippen molar-refractivity contribution in [3.63, 3.8) is 0 Å². The van der Waals surface area contributed by atoms with Crippen molar-refractivity contribution >= 4 is 11.9 Å². The van der Waals surface area contributed by atoms with Gasteiger partial charge in [-0.1, -0.05) is 30.3 Å². The Bertz CT molecular complexity index is 544. The Labute approximate surface area is 124 Å². The number of Topliss-reactive ketones (excluding diaryl/α,β-unsaturated/α-hetero) is 1. The molecule has 1 unspecified atom stereocenters. The van der Waals surface area contributed by atoms with E-state index in [1.54, 1.807) is 6.92 Å². The monoisotopic (exact) mass is 286 g/mol. The van der Waals surface area contributed by atoms with Crippen molar-refractivity contribution < 1.29 is 14.3 Å². The predicted molar refractivity (Wildman–Crippen MR) is 76.1 cm³/mol. The van der Waals surface area contributed by atoms with Crippen LogP contribution in [-0.2, 0) is 16.1 Å². The minimum absolute atomic E-state index is 0.0520. The molecule has 0 saturated carbocycles. The third-order valence-corrected chi connectivity index (χ3v) is 3.53. The van der Waals surface area contributed by atoms with Gasteiger partial charge in [0.05, 0.1) is 17.9 Å². The average Bonchev–Trinajstić information content (AvgIpc) is 2.44. The average molecular weight is 286 g/mol. The summed E-state index contributed by atoms with van der Waals surface area (Å²) in [5.74, 6) is -0.363. The number of ether oxygens (including phenoxy) is 1. The number of hydrogen-bond donors (Lipinski definition) is 0. The van der Waals surface area contributed by atoms with Crippen LogP contribution < -0.4 is 0 Å². The van der Waals surface area contributed by atoms with Gasteiger partial charge in [-0.25, -0.2) is 4.79 Å². The maximum atomic E-state index is 11.8. The van der Waals surface area contributed by atoms with Crippen molar-refractivity contribution in [1.29, 1.82) is 5.26 Å². The van der Waals surface area contributed by atoms with Gasteiger partial charge in [-0.15, -0.1) is 0 Å². The van der Waals surface area contributed by atoms with E-state index in [-0.39, 0.29) is 30.6 Å². The van der Waals surface area contributed by atoms with Gasteiger partial charge in [0, 0.05) is 19.5 Å². The van der Waals surface area contributed by atoms with Gasteiger partial charge >= 0.3 is 6.09 Å². The summed E-state index contributed by atoms with van der Waals surface area (Å²) in [4.78, 5) is 25.1. The van der Waals surface area contributed by atoms with E-state index in [1.165, 1.54) is 4.90 Å². The fraction of sp³-hybridized carbons (Fsp3) is 0.438. The number of nitriles is 1. The number of rotatable bonds is 5. The van der Waals surface area contributed by atoms with Crippen LogP contribution in [0, 0.1) is 23.2 Å². The van der Waals surface area contributed by atoms with Gasteiger partial charge in [0.1, 0.15) is 12.4 Å². The molecule has 21 heavy (non-hydrogen) atoms. The highest BCUT2D eigenvalue weighted by Gasteiger charge is 2.36. The van der Waals surface area contributed by atoms with E-state index in [1.807, 2.05) is 36.4 Å². The number of carbonyl (C=O) groups excluding carboxylic acids is 2. The van der Waals surface area contributed by atoms with Gasteiger partial charge < -0.3 is 9.64 Å². The summed E-state index contributed by atoms with van der Waals surface area (Å²) in [6.07, 6.45) is -0.134. The number of hydrogen-bond acceptors (Lipinski definition) is 4. The highest BCUT2D eigenvalue weighted by Crippen LogP contribution is 2.21. The molecule has 1 saturated heterocycles. The lowest BCUT2D eigenvalue weighted by Crippen LogP contribution is -2.53. The van der Waals surface area contributed by atoms with Crippen LogP contribution in [0.25, 0.3) is 0 Å². The first kappa shape index (κ1) is 15.0. The Morgan fingerprint density at radius 1 is 1.38 bits per heavy atom. The van der Waals surface area contributed by atoms with Crippen LogP contribution in [0.5, 0.6) is 0 Å². The highest BCUT2D eigenvalue weighted by molar-refractivity contribution is 5.84. The largest absolute Gasteiger partial charge is 0.445 e. The lowest BCUT2D eigenvalue weighted by atomic mass is 9.90. The van der Waals surface area contributed by atoms with Crippen LogP contribution in [0.3, 0.4) is 0 Å². The summed E-state index contributed by atoms with van der Waals surface area (Å²) in [6.45, 7) is 2.75. The number of nitrogens with zero attached hydrogens (tertiary/aromatic N) is 2. The van der Waals surface area contributed by atoms with E-state index in [4.69, 9.17) is 10.00 Å². The first-order valence-corrected chi connectivity index (χ1v) is 6.98. The minimum atomic E-state index is -0.392. The van der Waals surface area contributed by atoms with Crippen LogP contribution in [0.2, 0.25) is 0 Å². The Morgan fingerprint density at radius 2 is 2.05 bits per heavy atom. The zero-order chi connectivity index (χ0) is 15.2. The molecule has 5 heteroatoms. The summed E-state index contributed by atoms with van der Waals surface area (Å²) < 4.78 is 5.19. The highest BCUT2D eigenvalue weighted by atomic mass is 16.6. The first-order chi connectivity index (χ1) is 10.1. The van der Waals surface area contributed by atoms with Crippen molar-refractivity contribution in [2.45, 2.75) is 20.0 Å². The molecule has 0 N–H and O–H groups in total. The molecule has 2 rings (SSSR count). The molecule has 0 aromatic heterocycles. The van der Waals surface area contributed by atoms with Gasteiger partial charge in [0.15, 0.2) is 0 Å². The molecule has 1 heterocycles. The fourth-order valence-corrected chi connectivity index (χ4v) is 2.16. The predicted octanol–water partition coefficient (Wildman–Crippen LogP) is 2.37. The molecule has 5 nitrogen and oxygen atoms in total. The summed E-state index contributed by atoms with van der Waals surface area (Å²) >= 11 is 0. The molecule has 1 aromatic carbocycles. The number of ketones is 1. The van der Waals surface area contributed by atoms with E-state index in [0.29, 0.717) is 13.1 Å². The molecule has 0 aliphatic carbocycles. The molecule has 1 aromatic rings. The van der Waals surface area contributed by atoms with Crippen LogP contribution >= 0.6 is 0 Å². The third-order valence-electron chi connectivity index (χ3n) is 3.53. The van der Waals surface area contributed by atoms with Crippen molar-refractivity contribution in [1.82, 2.24) is 4.90 Å². The molecule has 0 bridgehead atoms. The molecule has 1 atom stereocenters. The van der Waals surface area contributed by atoms with Gasteiger partial charge in [-0.05, 0) is 12.5 Å². The normalized spacial score (nSPS) is 15.7. The number of amides is 1. The fourth-order valence-electron chi connectivity index (χ4n) is 2.16. The lowest BCUT2D eigenvalue weighted by molar-refractivity contribution is -0.127. The molecular weight excluding hydrogens is 268 g/mol. The van der Waals surface area contributed by atoms with Crippen LogP contribution in [0.15, 0.2) is 30.3 Å². The van der Waals surface area contributed by atoms with Crippen LogP contribution in [0.4, 0.5) is 4.79 Å². The smallest absolute Gasteiger partial charge is 0.410 e. The summed E-state index contributed by atoms with van der Waals surface area (Å²) in [7, 11) is 0. The molecule has 1 aliphatic heterocycles. The quantitative estimate of drug-likeness (QED) is 0.833. The van der Waals surface area contributed by atoms with Crippen LogP contribution in [0.1, 0.15) is 18.9 Å². The number of carbonyl (C=O) groups is 2. The standard InChI is InChI=1S/C16H18N2O3/c1-12(8-17)7-15(19)14-9-18(10-14)16(20)21-11-13-5-3-2-4-6-13/h2-6,12,14H,7,9-11H2,1H3. The van der Waals surface area contributed by atoms with E-state index >= 15 is 0 Å². The third kappa shape index (κ3) is 4.06. The second-order valence-corrected chi connectivity index (χ2v) is 5.34. The van der Waals surface area contributed by atoms with Crippen molar-refractivity contribution in [3.05, 3.63) is 35.9 Å². The molecule has 0 radical (unpaired) electrons. The Kier molecular flexibility index (Phi) is 4.94. The Hall–Kier alpha value is -2.35. The molecule has 110 valence electrons. The van der Waals surface area contributed by atoms with Gasteiger partial charge in [0.2, 0.25) is 0 Å². The van der Waals surface area contributed by atoms with Gasteiger partial charge in [-0.2, -0.15) is 5.26 Å². The second-order valence-electron chi connectivity index (χ2n) is 5.34. The van der Waals surface area contributed by atoms with E-state index in [2.05, 4.69) is 0 Å². The van der Waals surface area contributed by atoms with Gasteiger partial charge in [0.25, 0.3) is 0 Å². The minimum Gasteiger partial charge on any atom is -0.445 e. The Balaban J connectivity index is 1.70. The zero-order valence-electron chi connectivity index (χ0n) is 12.0. The molecule has 0 spiro atoms. The SMILES string of the molecule is CC(C#N)CC(=O)C1CN(C(=O)OCc2ccccc2)C1. The summed E-state index contributed by atoms with van der Waals surface area (Å²) in [5.41, 5.74) is 0.932. The summed E-state index contributed by atoms with van der Waals surface area (Å²) in [5, 5.41) is 8.69. The molecular formula is C16H18N2O3. The van der Waals surface area contributed by atoms with E-state index in [0.717, 1.165) is 5.56 Å². The van der Waals surface area contributed by atoms with E-state index < -0.39 is 6.09 Å². The molecule has 1 amide bonds. The number of likely N-dealkylation sites (tertiary alicyclic amines) is 1. The van der Waals surface area contributed by atoms with E-state index in [9.17, 15) is 9.59 Å². The number of benzene rings is 1. The van der Waals surface area contributed by atoms with Crippen LogP contribution in [-0.4, -0.2) is 29.9 Å². The first-order valence-electron chi connectivity index (χ1n) is 6.98. The Morgan fingerprint density at radius 3 is 2.67 bits per heavy atom. The van der Waals surface area contributed by atoms with Crippen molar-refractivity contribution in [2.75, 3.05) is 13.1 Å². The molecule has 1 fully saturated rings. The zero-order valence-corrected chi connectivity index (χ0v) is 12.0. The maximum absolute atomic E-state index is 11.8. The maximum Gasteiger partial charge on any atom is 0.410 e. The topological polar surface area (TPSA) is 70.4 Å².